The average Bonchev–Trinajstić information content (AvgIpc) is 2.69. The van der Waals surface area contributed by atoms with Crippen LogP contribution in [0.5, 0.6) is 5.75 Å². The minimum atomic E-state index is -0.0403. The van der Waals surface area contributed by atoms with Gasteiger partial charge >= 0.3 is 0 Å². The summed E-state index contributed by atoms with van der Waals surface area (Å²) < 4.78 is 11.2. The van der Waals surface area contributed by atoms with Crippen molar-refractivity contribution in [1.82, 2.24) is 10.2 Å². The van der Waals surface area contributed by atoms with Gasteiger partial charge in [-0.25, -0.2) is 0 Å². The van der Waals surface area contributed by atoms with Crippen LogP contribution in [-0.2, 0) is 9.53 Å². The van der Waals surface area contributed by atoms with E-state index in [9.17, 15) is 4.79 Å². The first-order valence-corrected chi connectivity index (χ1v) is 9.89. The number of benzene rings is 1. The highest BCUT2D eigenvalue weighted by Crippen LogP contribution is 2.33. The smallest absolute Gasteiger partial charge is 0.258 e. The summed E-state index contributed by atoms with van der Waals surface area (Å²) in [7, 11) is 0. The van der Waals surface area contributed by atoms with E-state index in [0.29, 0.717) is 6.54 Å². The van der Waals surface area contributed by atoms with Crippen molar-refractivity contribution >= 4 is 18.3 Å². The number of amides is 1. The number of morpholine rings is 1. The molecule has 1 aliphatic carbocycles. The van der Waals surface area contributed by atoms with Crippen molar-refractivity contribution in [3.8, 4) is 5.75 Å². The molecule has 1 saturated heterocycles. The highest BCUT2D eigenvalue weighted by Gasteiger charge is 2.38. The Balaban J connectivity index is 0.00000261. The number of aryl methyl sites for hydroxylation is 2. The number of nitrogens with zero attached hydrogens (tertiary/aromatic N) is 1. The van der Waals surface area contributed by atoms with Gasteiger partial charge in [0, 0.05) is 25.2 Å². The molecule has 1 aromatic rings. The molecule has 0 unspecified atom stereocenters. The Kier molecular flexibility index (Phi) is 8.39. The van der Waals surface area contributed by atoms with E-state index in [1.54, 1.807) is 0 Å². The van der Waals surface area contributed by atoms with Crippen molar-refractivity contribution in [3.05, 3.63) is 29.3 Å². The summed E-state index contributed by atoms with van der Waals surface area (Å²) in [4.78, 5) is 14.9. The molecule has 6 heteroatoms. The molecule has 27 heavy (non-hydrogen) atoms. The van der Waals surface area contributed by atoms with Crippen molar-refractivity contribution in [3.63, 3.8) is 0 Å². The highest BCUT2D eigenvalue weighted by atomic mass is 35.5. The van der Waals surface area contributed by atoms with E-state index >= 15 is 0 Å². The molecular weight excluding hydrogens is 364 g/mol. The Hall–Kier alpha value is -1.30. The third kappa shape index (κ3) is 5.84. The quantitative estimate of drug-likeness (QED) is 0.801. The van der Waals surface area contributed by atoms with E-state index in [-0.39, 0.29) is 30.5 Å². The number of carbonyl (C=O) groups is 1. The SMILES string of the molecule is Cc1ccc(OCC(=O)NCC2(N3CCOCC3)CCCCC2)cc1C.Cl. The molecule has 0 spiro atoms. The summed E-state index contributed by atoms with van der Waals surface area (Å²) in [5.74, 6) is 0.713. The molecule has 0 aromatic heterocycles. The zero-order valence-electron chi connectivity index (χ0n) is 16.6. The van der Waals surface area contributed by atoms with E-state index in [4.69, 9.17) is 9.47 Å². The summed E-state index contributed by atoms with van der Waals surface area (Å²) in [5, 5.41) is 3.14. The van der Waals surface area contributed by atoms with Crippen molar-refractivity contribution in [2.75, 3.05) is 39.5 Å². The molecule has 5 nitrogen and oxygen atoms in total. The number of hydrogen-bond donors (Lipinski definition) is 1. The van der Waals surface area contributed by atoms with Gasteiger partial charge in [0.15, 0.2) is 6.61 Å². The van der Waals surface area contributed by atoms with Gasteiger partial charge in [-0.05, 0) is 49.9 Å². The Morgan fingerprint density at radius 3 is 2.52 bits per heavy atom. The number of nitrogens with one attached hydrogen (secondary N) is 1. The summed E-state index contributed by atoms with van der Waals surface area (Å²) >= 11 is 0. The van der Waals surface area contributed by atoms with Crippen molar-refractivity contribution < 1.29 is 14.3 Å². The van der Waals surface area contributed by atoms with E-state index in [1.165, 1.54) is 30.4 Å². The summed E-state index contributed by atoms with van der Waals surface area (Å²) in [6.07, 6.45) is 6.10. The fourth-order valence-corrected chi connectivity index (χ4v) is 4.12. The molecule has 0 atom stereocenters. The normalized spacial score (nSPS) is 19.8. The van der Waals surface area contributed by atoms with Gasteiger partial charge in [0.25, 0.3) is 5.91 Å². The minimum absolute atomic E-state index is 0. The first-order chi connectivity index (χ1) is 12.6. The molecular formula is C21H33ClN2O3. The van der Waals surface area contributed by atoms with Crippen LogP contribution in [0.3, 0.4) is 0 Å². The van der Waals surface area contributed by atoms with Gasteiger partial charge in [-0.1, -0.05) is 25.3 Å². The number of ether oxygens (including phenoxy) is 2. The van der Waals surface area contributed by atoms with Crippen LogP contribution in [0.1, 0.15) is 43.2 Å². The van der Waals surface area contributed by atoms with Crippen LogP contribution in [0, 0.1) is 13.8 Å². The van der Waals surface area contributed by atoms with E-state index in [0.717, 1.165) is 44.9 Å². The molecule has 152 valence electrons. The van der Waals surface area contributed by atoms with Gasteiger partial charge < -0.3 is 14.8 Å². The standard InChI is InChI=1S/C21H32N2O3.ClH/c1-17-6-7-19(14-18(17)2)26-15-20(24)22-16-21(8-4-3-5-9-21)23-10-12-25-13-11-23;/h6-7,14H,3-5,8-13,15-16H2,1-2H3,(H,22,24);1H. The second kappa shape index (κ2) is 10.3. The zero-order valence-corrected chi connectivity index (χ0v) is 17.4. The summed E-state index contributed by atoms with van der Waals surface area (Å²) in [6.45, 7) is 8.43. The predicted molar refractivity (Wildman–Crippen MR) is 110 cm³/mol. The summed E-state index contributed by atoms with van der Waals surface area (Å²) in [5.41, 5.74) is 2.50. The number of halogens is 1. The summed E-state index contributed by atoms with van der Waals surface area (Å²) in [6, 6.07) is 5.93. The molecule has 2 aliphatic rings. The second-order valence-electron chi connectivity index (χ2n) is 7.70. The van der Waals surface area contributed by atoms with Crippen LogP contribution in [0.25, 0.3) is 0 Å². The van der Waals surface area contributed by atoms with Crippen molar-refractivity contribution in [1.29, 1.82) is 0 Å². The maximum Gasteiger partial charge on any atom is 0.258 e. The monoisotopic (exact) mass is 396 g/mol. The fraction of sp³-hybridized carbons (Fsp3) is 0.667. The van der Waals surface area contributed by atoms with Crippen molar-refractivity contribution in [2.24, 2.45) is 0 Å². The van der Waals surface area contributed by atoms with Gasteiger partial charge in [-0.15, -0.1) is 12.4 Å². The number of carbonyl (C=O) groups excluding carboxylic acids is 1. The molecule has 1 aromatic carbocycles. The molecule has 0 bridgehead atoms. The van der Waals surface area contributed by atoms with Gasteiger partial charge in [-0.2, -0.15) is 0 Å². The van der Waals surface area contributed by atoms with Gasteiger partial charge in [0.05, 0.1) is 13.2 Å². The van der Waals surface area contributed by atoms with Crippen LogP contribution in [0.2, 0.25) is 0 Å². The first-order valence-electron chi connectivity index (χ1n) is 9.89. The van der Waals surface area contributed by atoms with Gasteiger partial charge in [-0.3, -0.25) is 9.69 Å². The highest BCUT2D eigenvalue weighted by molar-refractivity contribution is 5.85. The van der Waals surface area contributed by atoms with E-state index in [2.05, 4.69) is 24.1 Å². The first kappa shape index (κ1) is 22.0. The van der Waals surface area contributed by atoms with Crippen LogP contribution in [0.4, 0.5) is 0 Å². The maximum atomic E-state index is 12.4. The largest absolute Gasteiger partial charge is 0.484 e. The molecule has 0 radical (unpaired) electrons. The lowest BCUT2D eigenvalue weighted by Gasteiger charge is -2.48. The molecule has 2 fully saturated rings. The van der Waals surface area contributed by atoms with Crippen molar-refractivity contribution in [2.45, 2.75) is 51.5 Å². The lowest BCUT2D eigenvalue weighted by atomic mass is 9.79. The topological polar surface area (TPSA) is 50.8 Å². The van der Waals surface area contributed by atoms with Crippen LogP contribution in [-0.4, -0.2) is 55.8 Å². The Morgan fingerprint density at radius 1 is 1.15 bits per heavy atom. The fourth-order valence-electron chi connectivity index (χ4n) is 4.12. The lowest BCUT2D eigenvalue weighted by Crippen LogP contribution is -2.60. The van der Waals surface area contributed by atoms with Crippen LogP contribution >= 0.6 is 12.4 Å². The molecule has 1 aliphatic heterocycles. The Morgan fingerprint density at radius 2 is 1.85 bits per heavy atom. The van der Waals surface area contributed by atoms with E-state index < -0.39 is 0 Å². The second-order valence-corrected chi connectivity index (χ2v) is 7.70. The molecule has 1 saturated carbocycles. The molecule has 1 N–H and O–H groups in total. The zero-order chi connectivity index (χ0) is 18.4. The van der Waals surface area contributed by atoms with Crippen LogP contribution in [0.15, 0.2) is 18.2 Å². The predicted octanol–water partition coefficient (Wildman–Crippen LogP) is 3.26. The third-order valence-electron chi connectivity index (χ3n) is 5.93. The molecule has 1 amide bonds. The van der Waals surface area contributed by atoms with E-state index in [1.807, 2.05) is 18.2 Å². The maximum absolute atomic E-state index is 12.4. The minimum Gasteiger partial charge on any atom is -0.484 e. The van der Waals surface area contributed by atoms with Gasteiger partial charge in [0.1, 0.15) is 5.75 Å². The van der Waals surface area contributed by atoms with Crippen LogP contribution < -0.4 is 10.1 Å². The Labute approximate surface area is 169 Å². The lowest BCUT2D eigenvalue weighted by molar-refractivity contribution is -0.124. The van der Waals surface area contributed by atoms with Gasteiger partial charge in [0.2, 0.25) is 0 Å². The average molecular weight is 397 g/mol. The number of hydrogen-bond acceptors (Lipinski definition) is 4. The molecule has 3 rings (SSSR count). The molecule has 1 heterocycles. The Bertz CT molecular complexity index is 611. The third-order valence-corrected chi connectivity index (χ3v) is 5.93. The number of rotatable bonds is 6.